The van der Waals surface area contributed by atoms with Crippen LogP contribution in [0.4, 0.5) is 5.69 Å². The van der Waals surface area contributed by atoms with E-state index in [-0.39, 0.29) is 17.1 Å². The molecule has 0 radical (unpaired) electrons. The number of aromatic nitrogens is 2. The van der Waals surface area contributed by atoms with Gasteiger partial charge in [-0.2, -0.15) is 5.10 Å². The molecule has 20 heavy (non-hydrogen) atoms. The van der Waals surface area contributed by atoms with Crippen LogP contribution in [0.3, 0.4) is 0 Å². The quantitative estimate of drug-likeness (QED) is 0.487. The highest BCUT2D eigenvalue weighted by molar-refractivity contribution is 9.10. The molecular formula is C12H10BrN3O4. The van der Waals surface area contributed by atoms with Crippen LogP contribution in [0.1, 0.15) is 16.2 Å². The number of hydrogen-bond acceptors (Lipinski definition) is 5. The van der Waals surface area contributed by atoms with Crippen molar-refractivity contribution in [2.75, 3.05) is 7.11 Å². The minimum absolute atomic E-state index is 0.0724. The lowest BCUT2D eigenvalue weighted by molar-refractivity contribution is -0.384. The third-order valence-corrected chi connectivity index (χ3v) is 3.68. The van der Waals surface area contributed by atoms with E-state index < -0.39 is 10.9 Å². The lowest BCUT2D eigenvalue weighted by Crippen LogP contribution is -2.06. The molecule has 0 aliphatic rings. The summed E-state index contributed by atoms with van der Waals surface area (Å²) in [5.41, 5.74) is 0.829. The number of ether oxygens (including phenoxy) is 1. The SMILES string of the molecule is COC(=O)c1nn(-c2ccccc2[N+](=O)[O-])c(C)c1Br. The molecule has 0 saturated carbocycles. The van der Waals surface area contributed by atoms with Crippen LogP contribution in [-0.2, 0) is 4.74 Å². The van der Waals surface area contributed by atoms with Crippen molar-refractivity contribution in [3.8, 4) is 5.69 Å². The Bertz CT molecular complexity index is 696. The van der Waals surface area contributed by atoms with Crippen LogP contribution < -0.4 is 0 Å². The average molecular weight is 340 g/mol. The van der Waals surface area contributed by atoms with Crippen LogP contribution in [0.25, 0.3) is 5.69 Å². The topological polar surface area (TPSA) is 87.3 Å². The van der Waals surface area contributed by atoms with Gasteiger partial charge in [-0.1, -0.05) is 12.1 Å². The standard InChI is InChI=1S/C12H10BrN3O4/c1-7-10(13)11(12(17)20-2)14-15(7)8-5-3-4-6-9(8)16(18)19/h3-6H,1-2H3. The third-order valence-electron chi connectivity index (χ3n) is 2.73. The highest BCUT2D eigenvalue weighted by Gasteiger charge is 2.23. The van der Waals surface area contributed by atoms with E-state index in [1.54, 1.807) is 25.1 Å². The molecule has 0 saturated heterocycles. The van der Waals surface area contributed by atoms with Gasteiger partial charge in [0, 0.05) is 6.07 Å². The molecular weight excluding hydrogens is 330 g/mol. The van der Waals surface area contributed by atoms with Crippen molar-refractivity contribution in [3.05, 3.63) is 50.2 Å². The molecule has 2 aromatic rings. The second-order valence-electron chi connectivity index (χ2n) is 3.90. The van der Waals surface area contributed by atoms with Gasteiger partial charge in [-0.15, -0.1) is 0 Å². The molecule has 2 rings (SSSR count). The molecule has 0 bridgehead atoms. The number of nitrogens with zero attached hydrogens (tertiary/aromatic N) is 3. The predicted octanol–water partition coefficient (Wildman–Crippen LogP) is 2.64. The number of esters is 1. The molecule has 0 fully saturated rings. The number of nitro benzene ring substituents is 1. The van der Waals surface area contributed by atoms with E-state index in [1.165, 1.54) is 17.9 Å². The molecule has 0 atom stereocenters. The Morgan fingerprint density at radius 2 is 2.10 bits per heavy atom. The molecule has 1 aromatic carbocycles. The molecule has 0 unspecified atom stereocenters. The Balaban J connectivity index is 2.66. The number of nitro groups is 1. The van der Waals surface area contributed by atoms with Crippen LogP contribution >= 0.6 is 15.9 Å². The summed E-state index contributed by atoms with van der Waals surface area (Å²) in [5.74, 6) is -0.614. The summed E-state index contributed by atoms with van der Waals surface area (Å²) in [4.78, 5) is 22.1. The first-order valence-corrected chi connectivity index (χ1v) is 6.34. The number of carbonyl (C=O) groups is 1. The lowest BCUT2D eigenvalue weighted by atomic mass is 10.2. The smallest absolute Gasteiger partial charge is 0.359 e. The Kier molecular flexibility index (Phi) is 3.84. The summed E-state index contributed by atoms with van der Waals surface area (Å²) >= 11 is 3.25. The predicted molar refractivity (Wildman–Crippen MR) is 74.0 cm³/mol. The zero-order valence-electron chi connectivity index (χ0n) is 10.7. The number of hydrogen-bond donors (Lipinski definition) is 0. The number of carbonyl (C=O) groups excluding carboxylic acids is 1. The number of benzene rings is 1. The summed E-state index contributed by atoms with van der Waals surface area (Å²) in [7, 11) is 1.24. The minimum atomic E-state index is -0.614. The lowest BCUT2D eigenvalue weighted by Gasteiger charge is -2.04. The molecule has 0 aliphatic carbocycles. The Morgan fingerprint density at radius 3 is 2.70 bits per heavy atom. The molecule has 0 N–H and O–H groups in total. The van der Waals surface area contributed by atoms with Gasteiger partial charge in [-0.25, -0.2) is 9.48 Å². The van der Waals surface area contributed by atoms with Crippen LogP contribution in [0.15, 0.2) is 28.7 Å². The molecule has 104 valence electrons. The Morgan fingerprint density at radius 1 is 1.45 bits per heavy atom. The highest BCUT2D eigenvalue weighted by atomic mass is 79.9. The first-order valence-electron chi connectivity index (χ1n) is 5.54. The van der Waals surface area contributed by atoms with E-state index >= 15 is 0 Å². The van der Waals surface area contributed by atoms with Gasteiger partial charge in [-0.05, 0) is 28.9 Å². The van der Waals surface area contributed by atoms with Gasteiger partial charge >= 0.3 is 5.97 Å². The van der Waals surface area contributed by atoms with Crippen molar-refractivity contribution in [1.82, 2.24) is 9.78 Å². The maximum atomic E-state index is 11.6. The fourth-order valence-electron chi connectivity index (χ4n) is 1.74. The number of halogens is 1. The van der Waals surface area contributed by atoms with Crippen molar-refractivity contribution in [3.63, 3.8) is 0 Å². The molecule has 8 heteroatoms. The van der Waals surface area contributed by atoms with Gasteiger partial charge < -0.3 is 4.74 Å². The zero-order valence-corrected chi connectivity index (χ0v) is 12.2. The van der Waals surface area contributed by atoms with E-state index in [0.29, 0.717) is 10.2 Å². The average Bonchev–Trinajstić information content (AvgIpc) is 2.74. The zero-order chi connectivity index (χ0) is 14.9. The summed E-state index contributed by atoms with van der Waals surface area (Å²) in [6.07, 6.45) is 0. The molecule has 1 heterocycles. The molecule has 7 nitrogen and oxygen atoms in total. The first-order chi connectivity index (χ1) is 9.47. The van der Waals surface area contributed by atoms with Crippen LogP contribution in [0.2, 0.25) is 0 Å². The fourth-order valence-corrected chi connectivity index (χ4v) is 2.15. The normalized spacial score (nSPS) is 10.3. The van der Waals surface area contributed by atoms with Crippen molar-refractivity contribution in [2.45, 2.75) is 6.92 Å². The maximum absolute atomic E-state index is 11.6. The van der Waals surface area contributed by atoms with Crippen molar-refractivity contribution in [2.24, 2.45) is 0 Å². The number of para-hydroxylation sites is 2. The second-order valence-corrected chi connectivity index (χ2v) is 4.69. The highest BCUT2D eigenvalue weighted by Crippen LogP contribution is 2.28. The van der Waals surface area contributed by atoms with Gasteiger partial charge in [0.15, 0.2) is 5.69 Å². The van der Waals surface area contributed by atoms with E-state index in [4.69, 9.17) is 0 Å². The summed E-state index contributed by atoms with van der Waals surface area (Å²) in [6.45, 7) is 1.69. The summed E-state index contributed by atoms with van der Waals surface area (Å²) < 4.78 is 6.41. The number of rotatable bonds is 3. The van der Waals surface area contributed by atoms with E-state index in [0.717, 1.165) is 0 Å². The second kappa shape index (κ2) is 5.41. The van der Waals surface area contributed by atoms with Gasteiger partial charge in [0.25, 0.3) is 5.69 Å². The van der Waals surface area contributed by atoms with Crippen LogP contribution in [0.5, 0.6) is 0 Å². The molecule has 0 spiro atoms. The fraction of sp³-hybridized carbons (Fsp3) is 0.167. The Hall–Kier alpha value is -2.22. The van der Waals surface area contributed by atoms with Gasteiger partial charge in [0.1, 0.15) is 5.69 Å². The Labute approximate surface area is 122 Å². The van der Waals surface area contributed by atoms with Gasteiger partial charge in [-0.3, -0.25) is 10.1 Å². The largest absolute Gasteiger partial charge is 0.464 e. The molecule has 0 aliphatic heterocycles. The monoisotopic (exact) mass is 339 g/mol. The summed E-state index contributed by atoms with van der Waals surface area (Å²) in [6, 6.07) is 6.17. The maximum Gasteiger partial charge on any atom is 0.359 e. The van der Waals surface area contributed by atoms with E-state index in [2.05, 4.69) is 25.8 Å². The summed E-state index contributed by atoms with van der Waals surface area (Å²) in [5, 5.41) is 15.1. The van der Waals surface area contributed by atoms with Gasteiger partial charge in [0.05, 0.1) is 22.2 Å². The van der Waals surface area contributed by atoms with Crippen LogP contribution in [0, 0.1) is 17.0 Å². The molecule has 1 aromatic heterocycles. The van der Waals surface area contributed by atoms with E-state index in [1.807, 2.05) is 0 Å². The van der Waals surface area contributed by atoms with E-state index in [9.17, 15) is 14.9 Å². The van der Waals surface area contributed by atoms with Crippen LogP contribution in [-0.4, -0.2) is 27.8 Å². The van der Waals surface area contributed by atoms with Crippen molar-refractivity contribution >= 4 is 27.6 Å². The minimum Gasteiger partial charge on any atom is -0.464 e. The van der Waals surface area contributed by atoms with Gasteiger partial charge in [0.2, 0.25) is 0 Å². The first kappa shape index (κ1) is 14.2. The molecule has 0 amide bonds. The third kappa shape index (κ3) is 2.29. The number of methoxy groups -OCH3 is 1. The van der Waals surface area contributed by atoms with Crippen molar-refractivity contribution < 1.29 is 14.5 Å². The van der Waals surface area contributed by atoms with Crippen molar-refractivity contribution in [1.29, 1.82) is 0 Å².